The minimum Gasteiger partial charge on any atom is -0.468 e. The Morgan fingerprint density at radius 3 is 2.22 bits per heavy atom. The quantitative estimate of drug-likeness (QED) is 0.515. The van der Waals surface area contributed by atoms with Gasteiger partial charge < -0.3 is 4.90 Å². The van der Waals surface area contributed by atoms with Crippen LogP contribution < -0.4 is 4.90 Å². The van der Waals surface area contributed by atoms with Gasteiger partial charge in [-0.2, -0.15) is 7.05 Å². The molecule has 2 unspecified atom stereocenters. The van der Waals surface area contributed by atoms with Crippen molar-refractivity contribution in [2.24, 2.45) is 5.92 Å². The summed E-state index contributed by atoms with van der Waals surface area (Å²) in [6.07, 6.45) is 4.32. The van der Waals surface area contributed by atoms with Crippen molar-refractivity contribution in [3.8, 4) is 0 Å². The summed E-state index contributed by atoms with van der Waals surface area (Å²) >= 11 is 0. The highest BCUT2D eigenvalue weighted by molar-refractivity contribution is 4.73. The predicted molar refractivity (Wildman–Crippen MR) is 39.0 cm³/mol. The molecule has 9 heavy (non-hydrogen) atoms. The standard InChI is InChI=1S/C8H17N/c1-7(9(2)3)8-5-4-6-8/h7-9H,2,4-6H2,1,3H3. The largest absolute Gasteiger partial charge is 0.468 e. The molecular formula is C8H17N. The van der Waals surface area contributed by atoms with E-state index in [0.717, 1.165) is 12.0 Å². The molecule has 1 heteroatoms. The van der Waals surface area contributed by atoms with Crippen LogP contribution in [0.4, 0.5) is 0 Å². The van der Waals surface area contributed by atoms with Crippen LogP contribution in [0, 0.1) is 13.0 Å². The maximum atomic E-state index is 3.96. The van der Waals surface area contributed by atoms with Crippen LogP contribution in [0.1, 0.15) is 26.2 Å². The van der Waals surface area contributed by atoms with E-state index in [1.807, 2.05) is 0 Å². The minimum atomic E-state index is 0.777. The number of hydrogen-bond acceptors (Lipinski definition) is 0. The zero-order valence-corrected chi connectivity index (χ0v) is 6.48. The summed E-state index contributed by atoms with van der Waals surface area (Å²) in [5.74, 6) is 0.975. The second-order valence-corrected chi connectivity index (χ2v) is 3.33. The normalized spacial score (nSPS) is 27.0. The molecule has 2 atom stereocenters. The lowest BCUT2D eigenvalue weighted by molar-refractivity contribution is -0.863. The molecule has 0 saturated heterocycles. The van der Waals surface area contributed by atoms with Gasteiger partial charge in [0, 0.05) is 13.0 Å². The van der Waals surface area contributed by atoms with Crippen molar-refractivity contribution >= 4 is 0 Å². The van der Waals surface area contributed by atoms with Crippen LogP contribution >= 0.6 is 0 Å². The Morgan fingerprint density at radius 1 is 1.56 bits per heavy atom. The van der Waals surface area contributed by atoms with E-state index in [-0.39, 0.29) is 0 Å². The van der Waals surface area contributed by atoms with Gasteiger partial charge in [0.1, 0.15) is 0 Å². The van der Waals surface area contributed by atoms with E-state index in [0.29, 0.717) is 0 Å². The molecule has 0 aromatic carbocycles. The highest BCUT2D eigenvalue weighted by Gasteiger charge is 2.25. The van der Waals surface area contributed by atoms with Gasteiger partial charge in [0.05, 0.1) is 6.04 Å². The van der Waals surface area contributed by atoms with Gasteiger partial charge in [0.25, 0.3) is 0 Å². The summed E-state index contributed by atoms with van der Waals surface area (Å²) in [6, 6.07) is 0.777. The lowest BCUT2D eigenvalue weighted by atomic mass is 9.80. The van der Waals surface area contributed by atoms with Crippen LogP contribution in [0.3, 0.4) is 0 Å². The van der Waals surface area contributed by atoms with Crippen molar-refractivity contribution in [1.29, 1.82) is 0 Å². The molecular weight excluding hydrogens is 110 g/mol. The third-order valence-electron chi connectivity index (χ3n) is 2.63. The Morgan fingerprint density at radius 2 is 2.11 bits per heavy atom. The summed E-state index contributed by atoms with van der Waals surface area (Å²) in [7, 11) is 6.10. The highest BCUT2D eigenvalue weighted by atomic mass is 15.1. The molecule has 1 fully saturated rings. The minimum absolute atomic E-state index is 0.777. The summed E-state index contributed by atoms with van der Waals surface area (Å²) in [5, 5.41) is 0. The molecule has 0 aromatic rings. The maximum Gasteiger partial charge on any atom is 0.0632 e. The van der Waals surface area contributed by atoms with E-state index in [1.54, 1.807) is 0 Å². The van der Waals surface area contributed by atoms with Crippen LogP contribution in [0.25, 0.3) is 0 Å². The predicted octanol–water partition coefficient (Wildman–Crippen LogP) is 0.481. The van der Waals surface area contributed by atoms with Crippen molar-refractivity contribution in [2.45, 2.75) is 32.2 Å². The van der Waals surface area contributed by atoms with Crippen molar-refractivity contribution < 1.29 is 4.90 Å². The Kier molecular flexibility index (Phi) is 2.12. The van der Waals surface area contributed by atoms with Crippen LogP contribution in [-0.2, 0) is 0 Å². The van der Waals surface area contributed by atoms with Gasteiger partial charge in [-0.05, 0) is 19.8 Å². The summed E-state index contributed by atoms with van der Waals surface area (Å²) < 4.78 is 0. The fraction of sp³-hybridized carbons (Fsp3) is 0.875. The Bertz CT molecular complexity index is 84.6. The molecule has 0 radical (unpaired) electrons. The van der Waals surface area contributed by atoms with Gasteiger partial charge >= 0.3 is 0 Å². The maximum absolute atomic E-state index is 3.96. The lowest BCUT2D eigenvalue weighted by Crippen LogP contribution is -3.08. The van der Waals surface area contributed by atoms with Crippen LogP contribution in [-0.4, -0.2) is 13.1 Å². The summed E-state index contributed by atoms with van der Waals surface area (Å²) in [5.41, 5.74) is 0. The molecule has 1 aliphatic rings. The van der Waals surface area contributed by atoms with Crippen LogP contribution in [0.2, 0.25) is 0 Å². The molecule has 1 rings (SSSR count). The fourth-order valence-electron chi connectivity index (χ4n) is 1.34. The van der Waals surface area contributed by atoms with Crippen molar-refractivity contribution in [3.63, 3.8) is 0 Å². The summed E-state index contributed by atoms with van der Waals surface area (Å²) in [4.78, 5) is 1.36. The molecule has 0 spiro atoms. The van der Waals surface area contributed by atoms with E-state index in [4.69, 9.17) is 0 Å². The fourth-order valence-corrected chi connectivity index (χ4v) is 1.34. The smallest absolute Gasteiger partial charge is 0.0632 e. The Hall–Kier alpha value is -0.0400. The van der Waals surface area contributed by atoms with Gasteiger partial charge in [-0.3, -0.25) is 0 Å². The molecule has 1 aliphatic carbocycles. The van der Waals surface area contributed by atoms with E-state index < -0.39 is 0 Å². The number of rotatable bonds is 2. The molecule has 1 N–H and O–H groups in total. The first-order chi connectivity index (χ1) is 4.22. The van der Waals surface area contributed by atoms with E-state index in [2.05, 4.69) is 21.0 Å². The number of hydrogen-bond donors (Lipinski definition) is 1. The van der Waals surface area contributed by atoms with Gasteiger partial charge in [0.15, 0.2) is 0 Å². The highest BCUT2D eigenvalue weighted by Crippen LogP contribution is 2.27. The average molecular weight is 127 g/mol. The van der Waals surface area contributed by atoms with E-state index in [9.17, 15) is 0 Å². The van der Waals surface area contributed by atoms with Gasteiger partial charge in [-0.1, -0.05) is 6.42 Å². The first kappa shape index (κ1) is 7.07. The molecule has 1 saturated carbocycles. The first-order valence-corrected chi connectivity index (χ1v) is 3.87. The van der Waals surface area contributed by atoms with Crippen molar-refractivity contribution in [3.05, 3.63) is 7.05 Å². The molecule has 1 nitrogen and oxygen atoms in total. The molecule has 0 aromatic heterocycles. The number of quaternary nitrogens is 1. The zero-order valence-electron chi connectivity index (χ0n) is 6.48. The number of nitrogens with one attached hydrogen (secondary N) is 1. The molecule has 54 valence electrons. The first-order valence-electron chi connectivity index (χ1n) is 3.87. The zero-order chi connectivity index (χ0) is 6.85. The lowest BCUT2D eigenvalue weighted by Gasteiger charge is -2.36. The molecule has 0 heterocycles. The monoisotopic (exact) mass is 127 g/mol. The molecule has 0 aliphatic heterocycles. The Balaban J connectivity index is 2.23. The third-order valence-corrected chi connectivity index (χ3v) is 2.63. The summed E-state index contributed by atoms with van der Waals surface area (Å²) in [6.45, 7) is 2.30. The van der Waals surface area contributed by atoms with Crippen LogP contribution in [0.5, 0.6) is 0 Å². The van der Waals surface area contributed by atoms with E-state index >= 15 is 0 Å². The SMILES string of the molecule is [CH2-][NH+](C)C(C)C1CCC1. The molecule has 0 amide bonds. The average Bonchev–Trinajstić information content (AvgIpc) is 1.60. The van der Waals surface area contributed by atoms with Crippen molar-refractivity contribution in [1.82, 2.24) is 0 Å². The van der Waals surface area contributed by atoms with Gasteiger partial charge in [0.2, 0.25) is 0 Å². The van der Waals surface area contributed by atoms with E-state index in [1.165, 1.54) is 24.2 Å². The Labute approximate surface area is 58.0 Å². The third kappa shape index (κ3) is 1.45. The van der Waals surface area contributed by atoms with Gasteiger partial charge in [-0.15, -0.1) is 0 Å². The topological polar surface area (TPSA) is 4.44 Å². The van der Waals surface area contributed by atoms with Crippen LogP contribution in [0.15, 0.2) is 0 Å². The second-order valence-electron chi connectivity index (χ2n) is 3.33. The molecule has 0 bridgehead atoms. The van der Waals surface area contributed by atoms with Crippen molar-refractivity contribution in [2.75, 3.05) is 7.05 Å². The second kappa shape index (κ2) is 2.70. The van der Waals surface area contributed by atoms with Gasteiger partial charge in [-0.25, -0.2) is 0 Å².